The van der Waals surface area contributed by atoms with E-state index >= 15 is 0 Å². The van der Waals surface area contributed by atoms with Crippen molar-refractivity contribution in [2.24, 2.45) is 5.92 Å². The van der Waals surface area contributed by atoms with E-state index in [1.807, 2.05) is 0 Å². The van der Waals surface area contributed by atoms with Gasteiger partial charge in [0.2, 0.25) is 0 Å². The molecule has 0 aromatic heterocycles. The van der Waals surface area contributed by atoms with Crippen molar-refractivity contribution >= 4 is 12.1 Å². The van der Waals surface area contributed by atoms with Crippen molar-refractivity contribution in [1.29, 1.82) is 0 Å². The smallest absolute Gasteiger partial charge is 0.410 e. The van der Waals surface area contributed by atoms with Crippen LogP contribution >= 0.6 is 0 Å². The van der Waals surface area contributed by atoms with Crippen molar-refractivity contribution in [3.05, 3.63) is 35.4 Å². The zero-order valence-electron chi connectivity index (χ0n) is 13.9. The lowest BCUT2D eigenvalue weighted by Gasteiger charge is -2.37. The third-order valence-electron chi connectivity index (χ3n) is 3.94. The quantitative estimate of drug-likeness (QED) is 0.895. The van der Waals surface area contributed by atoms with Crippen LogP contribution < -0.4 is 0 Å². The number of aliphatic carboxylic acids is 1. The molecular formula is C17H21F2NO4. The zero-order valence-corrected chi connectivity index (χ0v) is 13.9. The van der Waals surface area contributed by atoms with Crippen LogP contribution in [0.15, 0.2) is 18.2 Å². The third-order valence-corrected chi connectivity index (χ3v) is 3.94. The summed E-state index contributed by atoms with van der Waals surface area (Å²) in [5.41, 5.74) is -0.589. The highest BCUT2D eigenvalue weighted by Crippen LogP contribution is 2.35. The zero-order chi connectivity index (χ0) is 18.1. The van der Waals surface area contributed by atoms with Crippen molar-refractivity contribution in [1.82, 2.24) is 4.90 Å². The van der Waals surface area contributed by atoms with Crippen LogP contribution in [0.25, 0.3) is 0 Å². The summed E-state index contributed by atoms with van der Waals surface area (Å²) >= 11 is 0. The molecule has 0 aliphatic carbocycles. The highest BCUT2D eigenvalue weighted by molar-refractivity contribution is 5.73. The van der Waals surface area contributed by atoms with Crippen LogP contribution in [0.5, 0.6) is 0 Å². The number of hydrogen-bond donors (Lipinski definition) is 1. The Hall–Kier alpha value is -2.18. The largest absolute Gasteiger partial charge is 0.481 e. The van der Waals surface area contributed by atoms with E-state index in [0.717, 1.165) is 12.1 Å². The fourth-order valence-electron chi connectivity index (χ4n) is 2.86. The molecule has 5 nitrogen and oxygen atoms in total. The van der Waals surface area contributed by atoms with Gasteiger partial charge in [0.15, 0.2) is 0 Å². The van der Waals surface area contributed by atoms with Gasteiger partial charge in [-0.25, -0.2) is 13.6 Å². The molecule has 0 radical (unpaired) electrons. The number of rotatable bonds is 2. The number of benzene rings is 1. The summed E-state index contributed by atoms with van der Waals surface area (Å²) in [4.78, 5) is 25.1. The molecule has 24 heavy (non-hydrogen) atoms. The van der Waals surface area contributed by atoms with Crippen LogP contribution in [0.2, 0.25) is 0 Å². The first-order valence-electron chi connectivity index (χ1n) is 7.74. The Kier molecular flexibility index (Phi) is 5.11. The first-order valence-corrected chi connectivity index (χ1v) is 7.74. The second kappa shape index (κ2) is 6.75. The van der Waals surface area contributed by atoms with E-state index in [0.29, 0.717) is 0 Å². The predicted molar refractivity (Wildman–Crippen MR) is 82.6 cm³/mol. The number of amides is 1. The average molecular weight is 341 g/mol. The maximum Gasteiger partial charge on any atom is 0.410 e. The van der Waals surface area contributed by atoms with Crippen LogP contribution in [-0.4, -0.2) is 40.8 Å². The number of likely N-dealkylation sites (tertiary alicyclic amines) is 1. The van der Waals surface area contributed by atoms with Crippen molar-refractivity contribution in [2.45, 2.75) is 38.7 Å². The minimum Gasteiger partial charge on any atom is -0.481 e. The van der Waals surface area contributed by atoms with Crippen molar-refractivity contribution in [3.8, 4) is 0 Å². The van der Waals surface area contributed by atoms with E-state index in [4.69, 9.17) is 4.74 Å². The number of ether oxygens (including phenoxy) is 1. The monoisotopic (exact) mass is 341 g/mol. The topological polar surface area (TPSA) is 66.8 Å². The number of nitrogens with zero attached hydrogens (tertiary/aromatic N) is 1. The molecule has 1 N–H and O–H groups in total. The average Bonchev–Trinajstić information content (AvgIpc) is 2.44. The van der Waals surface area contributed by atoms with E-state index in [1.165, 1.54) is 11.0 Å². The lowest BCUT2D eigenvalue weighted by atomic mass is 9.80. The molecule has 1 aromatic rings. The number of halogens is 2. The SMILES string of the molecule is CC(C)(C)OC(=O)N1CC[C@H](C(=O)O)[C@@H](c2ccc(F)cc2F)C1. The van der Waals surface area contributed by atoms with Crippen molar-refractivity contribution < 1.29 is 28.2 Å². The molecule has 1 aliphatic rings. The second-order valence-electron chi connectivity index (χ2n) is 6.93. The number of piperidine rings is 1. The summed E-state index contributed by atoms with van der Waals surface area (Å²) in [7, 11) is 0. The molecular weight excluding hydrogens is 320 g/mol. The van der Waals surface area contributed by atoms with Crippen LogP contribution in [0.1, 0.15) is 38.7 Å². The maximum atomic E-state index is 14.1. The molecule has 1 aliphatic heterocycles. The molecule has 132 valence electrons. The van der Waals surface area contributed by atoms with Crippen LogP contribution in [0.4, 0.5) is 13.6 Å². The lowest BCUT2D eigenvalue weighted by molar-refractivity contribution is -0.144. The first-order chi connectivity index (χ1) is 11.1. The Morgan fingerprint density at radius 3 is 2.50 bits per heavy atom. The molecule has 0 unspecified atom stereocenters. The van der Waals surface area contributed by atoms with Gasteiger partial charge in [0.25, 0.3) is 0 Å². The van der Waals surface area contributed by atoms with Crippen LogP contribution in [-0.2, 0) is 9.53 Å². The molecule has 1 saturated heterocycles. The Bertz CT molecular complexity index is 642. The number of carboxylic acid groups (broad SMARTS) is 1. The minimum atomic E-state index is -1.06. The first kappa shape index (κ1) is 18.2. The maximum absolute atomic E-state index is 14.1. The number of hydrogen-bond acceptors (Lipinski definition) is 3. The molecule has 1 aromatic carbocycles. The van der Waals surface area contributed by atoms with Gasteiger partial charge in [-0.3, -0.25) is 4.79 Å². The van der Waals surface area contributed by atoms with Gasteiger partial charge in [0.1, 0.15) is 17.2 Å². The number of carboxylic acids is 1. The fourth-order valence-corrected chi connectivity index (χ4v) is 2.86. The molecule has 1 fully saturated rings. The standard InChI is InChI=1S/C17H21F2NO4/c1-17(2,3)24-16(23)20-7-6-12(15(21)22)13(9-20)11-5-4-10(18)8-14(11)19/h4-5,8,12-13H,6-7,9H2,1-3H3,(H,21,22)/t12-,13+/m0/s1. The van der Waals surface area contributed by atoms with Crippen LogP contribution in [0, 0.1) is 17.6 Å². The van der Waals surface area contributed by atoms with Gasteiger partial charge in [-0.15, -0.1) is 0 Å². The molecule has 1 amide bonds. The van der Waals surface area contributed by atoms with E-state index in [9.17, 15) is 23.5 Å². The van der Waals surface area contributed by atoms with Gasteiger partial charge in [0, 0.05) is 25.1 Å². The van der Waals surface area contributed by atoms with E-state index in [2.05, 4.69) is 0 Å². The van der Waals surface area contributed by atoms with Gasteiger partial charge in [-0.2, -0.15) is 0 Å². The van der Waals surface area contributed by atoms with Gasteiger partial charge >= 0.3 is 12.1 Å². The Balaban J connectivity index is 2.27. The molecule has 2 rings (SSSR count). The van der Waals surface area contributed by atoms with E-state index in [1.54, 1.807) is 20.8 Å². The van der Waals surface area contributed by atoms with Crippen molar-refractivity contribution in [2.75, 3.05) is 13.1 Å². The molecule has 2 atom stereocenters. The van der Waals surface area contributed by atoms with Crippen LogP contribution in [0.3, 0.4) is 0 Å². The third kappa shape index (κ3) is 4.21. The highest BCUT2D eigenvalue weighted by atomic mass is 19.1. The Morgan fingerprint density at radius 1 is 1.29 bits per heavy atom. The summed E-state index contributed by atoms with van der Waals surface area (Å²) in [6, 6.07) is 3.05. The summed E-state index contributed by atoms with van der Waals surface area (Å²) in [5, 5.41) is 9.40. The predicted octanol–water partition coefficient (Wildman–Crippen LogP) is 3.39. The molecule has 7 heteroatoms. The molecule has 1 heterocycles. The van der Waals surface area contributed by atoms with E-state index < -0.39 is 41.1 Å². The van der Waals surface area contributed by atoms with Gasteiger partial charge in [0.05, 0.1) is 5.92 Å². The Labute approximate surface area is 139 Å². The summed E-state index contributed by atoms with van der Waals surface area (Å²) in [6.45, 7) is 5.41. The summed E-state index contributed by atoms with van der Waals surface area (Å²) < 4.78 is 32.5. The number of carbonyl (C=O) groups is 2. The highest BCUT2D eigenvalue weighted by Gasteiger charge is 2.39. The number of carbonyl (C=O) groups excluding carboxylic acids is 1. The minimum absolute atomic E-state index is 0.00837. The van der Waals surface area contributed by atoms with E-state index in [-0.39, 0.29) is 25.1 Å². The molecule has 0 bridgehead atoms. The summed E-state index contributed by atoms with van der Waals surface area (Å²) in [5.74, 6) is -4.21. The molecule has 0 spiro atoms. The fraction of sp³-hybridized carbons (Fsp3) is 0.529. The van der Waals surface area contributed by atoms with Gasteiger partial charge < -0.3 is 14.7 Å². The lowest BCUT2D eigenvalue weighted by Crippen LogP contribution is -2.46. The van der Waals surface area contributed by atoms with Gasteiger partial charge in [-0.05, 0) is 38.8 Å². The second-order valence-corrected chi connectivity index (χ2v) is 6.93. The normalized spacial score (nSPS) is 21.5. The molecule has 0 saturated carbocycles. The summed E-state index contributed by atoms with van der Waals surface area (Å²) in [6.07, 6.45) is -0.394. The Morgan fingerprint density at radius 2 is 1.96 bits per heavy atom. The van der Waals surface area contributed by atoms with Crippen molar-refractivity contribution in [3.63, 3.8) is 0 Å². The van der Waals surface area contributed by atoms with Gasteiger partial charge in [-0.1, -0.05) is 6.07 Å².